The van der Waals surface area contributed by atoms with Crippen LogP contribution in [0.3, 0.4) is 0 Å². The van der Waals surface area contributed by atoms with E-state index < -0.39 is 5.54 Å². The Morgan fingerprint density at radius 1 is 1.20 bits per heavy atom. The fourth-order valence-corrected chi connectivity index (χ4v) is 2.88. The molecule has 2 aliphatic heterocycles. The van der Waals surface area contributed by atoms with Crippen LogP contribution in [0.1, 0.15) is 19.4 Å². The molecule has 3 amide bonds. The molecule has 1 aromatic rings. The molecule has 0 aliphatic carbocycles. The van der Waals surface area contributed by atoms with Gasteiger partial charge in [-0.25, -0.2) is 4.79 Å². The monoisotopic (exact) mass is 273 g/mol. The molecular formula is C15H19N3O2. The quantitative estimate of drug-likeness (QED) is 0.847. The molecule has 5 nitrogen and oxygen atoms in total. The predicted octanol–water partition coefficient (Wildman–Crippen LogP) is 1.38. The van der Waals surface area contributed by atoms with Gasteiger partial charge in [-0.05, 0) is 31.9 Å². The maximum Gasteiger partial charge on any atom is 0.325 e. The Kier molecular flexibility index (Phi) is 2.92. The van der Waals surface area contributed by atoms with E-state index in [2.05, 4.69) is 22.3 Å². The first-order valence-corrected chi connectivity index (χ1v) is 6.96. The maximum atomic E-state index is 12.1. The summed E-state index contributed by atoms with van der Waals surface area (Å²) in [7, 11) is 0. The standard InChI is InChI=1S/C15H19N3O2/c1-15(2)13(19)18(14(20)16-15)10-9-17-8-7-11-5-3-4-6-12(11)17/h3-6H,7-10H2,1-2H3,(H,16,20). The van der Waals surface area contributed by atoms with E-state index in [9.17, 15) is 9.59 Å². The lowest BCUT2D eigenvalue weighted by atomic mass is 10.1. The number of nitrogens with one attached hydrogen (secondary N) is 1. The van der Waals surface area contributed by atoms with Crippen LogP contribution < -0.4 is 10.2 Å². The van der Waals surface area contributed by atoms with Crippen LogP contribution in [0, 0.1) is 0 Å². The molecule has 2 heterocycles. The number of amides is 3. The number of urea groups is 1. The molecule has 20 heavy (non-hydrogen) atoms. The Morgan fingerprint density at radius 3 is 2.65 bits per heavy atom. The summed E-state index contributed by atoms with van der Waals surface area (Å²) in [5.41, 5.74) is 1.78. The highest BCUT2D eigenvalue weighted by atomic mass is 16.2. The number of para-hydroxylation sites is 1. The SMILES string of the molecule is CC1(C)NC(=O)N(CCN2CCc3ccccc32)C1=O. The van der Waals surface area contributed by atoms with Crippen molar-refractivity contribution in [3.8, 4) is 0 Å². The zero-order chi connectivity index (χ0) is 14.3. The zero-order valence-corrected chi connectivity index (χ0v) is 11.8. The van der Waals surface area contributed by atoms with Crippen molar-refractivity contribution in [3.63, 3.8) is 0 Å². The van der Waals surface area contributed by atoms with E-state index in [1.807, 2.05) is 12.1 Å². The first-order chi connectivity index (χ1) is 9.49. The second-order valence-corrected chi connectivity index (χ2v) is 5.88. The average molecular weight is 273 g/mol. The molecule has 0 atom stereocenters. The van der Waals surface area contributed by atoms with Crippen molar-refractivity contribution in [2.24, 2.45) is 0 Å². The number of hydrogen-bond donors (Lipinski definition) is 1. The van der Waals surface area contributed by atoms with Crippen LogP contribution in [0.2, 0.25) is 0 Å². The minimum Gasteiger partial charge on any atom is -0.369 e. The molecule has 106 valence electrons. The average Bonchev–Trinajstić information content (AvgIpc) is 2.89. The molecule has 0 spiro atoms. The van der Waals surface area contributed by atoms with Gasteiger partial charge < -0.3 is 10.2 Å². The molecule has 1 fully saturated rings. The van der Waals surface area contributed by atoms with Gasteiger partial charge in [0.2, 0.25) is 0 Å². The van der Waals surface area contributed by atoms with Gasteiger partial charge in [-0.3, -0.25) is 9.69 Å². The van der Waals surface area contributed by atoms with E-state index in [1.54, 1.807) is 13.8 Å². The Labute approximate surface area is 118 Å². The van der Waals surface area contributed by atoms with E-state index in [0.29, 0.717) is 13.1 Å². The van der Waals surface area contributed by atoms with Crippen LogP contribution in [0.5, 0.6) is 0 Å². The van der Waals surface area contributed by atoms with Gasteiger partial charge in [0.25, 0.3) is 5.91 Å². The molecule has 0 radical (unpaired) electrons. The van der Waals surface area contributed by atoms with Crippen molar-refractivity contribution in [2.45, 2.75) is 25.8 Å². The third kappa shape index (κ3) is 2.03. The summed E-state index contributed by atoms with van der Waals surface area (Å²) in [5, 5.41) is 2.71. The van der Waals surface area contributed by atoms with Crippen LogP contribution in [-0.4, -0.2) is 42.0 Å². The fourth-order valence-electron chi connectivity index (χ4n) is 2.88. The molecule has 0 bridgehead atoms. The first kappa shape index (κ1) is 13.0. The third-order valence-corrected chi connectivity index (χ3v) is 4.02. The second-order valence-electron chi connectivity index (χ2n) is 5.88. The highest BCUT2D eigenvalue weighted by Gasteiger charge is 2.44. The summed E-state index contributed by atoms with van der Waals surface area (Å²) in [4.78, 5) is 27.5. The first-order valence-electron chi connectivity index (χ1n) is 6.96. The number of carbonyl (C=O) groups excluding carboxylic acids is 2. The van der Waals surface area contributed by atoms with Gasteiger partial charge >= 0.3 is 6.03 Å². The highest BCUT2D eigenvalue weighted by molar-refractivity contribution is 6.06. The minimum atomic E-state index is -0.778. The minimum absolute atomic E-state index is 0.144. The summed E-state index contributed by atoms with van der Waals surface area (Å²) in [5.74, 6) is -0.144. The van der Waals surface area contributed by atoms with Crippen molar-refractivity contribution >= 4 is 17.6 Å². The molecule has 2 aliphatic rings. The molecule has 0 unspecified atom stereocenters. The fraction of sp³-hybridized carbons (Fsp3) is 0.467. The maximum absolute atomic E-state index is 12.1. The highest BCUT2D eigenvalue weighted by Crippen LogP contribution is 2.27. The van der Waals surface area contributed by atoms with Gasteiger partial charge in [-0.2, -0.15) is 0 Å². The third-order valence-electron chi connectivity index (χ3n) is 4.02. The van der Waals surface area contributed by atoms with Crippen molar-refractivity contribution < 1.29 is 9.59 Å². The largest absolute Gasteiger partial charge is 0.369 e. The van der Waals surface area contributed by atoms with Crippen molar-refractivity contribution in [1.29, 1.82) is 0 Å². The summed E-state index contributed by atoms with van der Waals surface area (Å²) in [6, 6.07) is 8.01. The van der Waals surface area contributed by atoms with Crippen LogP contribution in [0.25, 0.3) is 0 Å². The summed E-state index contributed by atoms with van der Waals surface area (Å²) >= 11 is 0. The van der Waals surface area contributed by atoms with E-state index in [-0.39, 0.29) is 11.9 Å². The van der Waals surface area contributed by atoms with Gasteiger partial charge in [-0.1, -0.05) is 18.2 Å². The van der Waals surface area contributed by atoms with Gasteiger partial charge in [0.15, 0.2) is 0 Å². The Bertz CT molecular complexity index is 568. The number of hydrogen-bond acceptors (Lipinski definition) is 3. The number of rotatable bonds is 3. The van der Waals surface area contributed by atoms with Crippen LogP contribution in [0.15, 0.2) is 24.3 Å². The van der Waals surface area contributed by atoms with Crippen LogP contribution >= 0.6 is 0 Å². The molecule has 5 heteroatoms. The van der Waals surface area contributed by atoms with Crippen molar-refractivity contribution in [2.75, 3.05) is 24.5 Å². The van der Waals surface area contributed by atoms with Crippen LogP contribution in [-0.2, 0) is 11.2 Å². The number of imide groups is 1. The van der Waals surface area contributed by atoms with E-state index in [4.69, 9.17) is 0 Å². The van der Waals surface area contributed by atoms with Crippen molar-refractivity contribution in [1.82, 2.24) is 10.2 Å². The number of anilines is 1. The Morgan fingerprint density at radius 2 is 1.95 bits per heavy atom. The molecule has 1 N–H and O–H groups in total. The Balaban J connectivity index is 1.67. The second kappa shape index (κ2) is 4.51. The summed E-state index contributed by atoms with van der Waals surface area (Å²) < 4.78 is 0. The topological polar surface area (TPSA) is 52.7 Å². The molecule has 1 saturated heterocycles. The molecule has 0 saturated carbocycles. The predicted molar refractivity (Wildman–Crippen MR) is 76.7 cm³/mol. The van der Waals surface area contributed by atoms with E-state index >= 15 is 0 Å². The number of carbonyl (C=O) groups is 2. The lowest BCUT2D eigenvalue weighted by molar-refractivity contribution is -0.130. The smallest absolute Gasteiger partial charge is 0.325 e. The summed E-state index contributed by atoms with van der Waals surface area (Å²) in [6.07, 6.45) is 1.03. The normalized spacial score (nSPS) is 20.3. The Hall–Kier alpha value is -2.04. The molecule has 0 aromatic heterocycles. The van der Waals surface area contributed by atoms with Gasteiger partial charge in [-0.15, -0.1) is 0 Å². The van der Waals surface area contributed by atoms with E-state index in [1.165, 1.54) is 16.2 Å². The van der Waals surface area contributed by atoms with E-state index in [0.717, 1.165) is 13.0 Å². The molecule has 3 rings (SSSR count). The lowest BCUT2D eigenvalue weighted by Gasteiger charge is -2.22. The zero-order valence-electron chi connectivity index (χ0n) is 11.8. The van der Waals surface area contributed by atoms with Gasteiger partial charge in [0, 0.05) is 25.3 Å². The molecule has 1 aromatic carbocycles. The van der Waals surface area contributed by atoms with Crippen LogP contribution in [0.4, 0.5) is 10.5 Å². The summed E-state index contributed by atoms with van der Waals surface area (Å²) in [6.45, 7) is 5.54. The van der Waals surface area contributed by atoms with Crippen molar-refractivity contribution in [3.05, 3.63) is 29.8 Å². The number of benzene rings is 1. The lowest BCUT2D eigenvalue weighted by Crippen LogP contribution is -2.41. The molecular weight excluding hydrogens is 254 g/mol. The number of fused-ring (bicyclic) bond motifs is 1. The number of nitrogens with zero attached hydrogens (tertiary/aromatic N) is 2. The van der Waals surface area contributed by atoms with Gasteiger partial charge in [0.1, 0.15) is 5.54 Å². The van der Waals surface area contributed by atoms with Gasteiger partial charge in [0.05, 0.1) is 0 Å².